The molecule has 0 aliphatic carbocycles. The van der Waals surface area contributed by atoms with E-state index in [-0.39, 0.29) is 0 Å². The molecule has 2 aliphatic heterocycles. The van der Waals surface area contributed by atoms with Gasteiger partial charge in [0, 0.05) is 36.7 Å². The first-order chi connectivity index (χ1) is 14.5. The number of rotatable bonds is 4. The number of hydrogen-bond acceptors (Lipinski definition) is 8. The van der Waals surface area contributed by atoms with Crippen LogP contribution in [0.3, 0.4) is 0 Å². The molecule has 0 amide bonds. The third kappa shape index (κ3) is 7.11. The topological polar surface area (TPSA) is 128 Å². The van der Waals surface area contributed by atoms with Crippen LogP contribution in [0.15, 0.2) is 70.9 Å². The van der Waals surface area contributed by atoms with E-state index in [1.54, 1.807) is 10.9 Å². The molecule has 2 aromatic carbocycles. The molecule has 156 valence electrons. The monoisotopic (exact) mass is 478 g/mol. The zero-order valence-electron chi connectivity index (χ0n) is 15.4. The maximum Gasteiger partial charge on any atom is 0.155 e. The van der Waals surface area contributed by atoms with Crippen LogP contribution in [-0.4, -0.2) is 31.2 Å². The molecule has 0 saturated carbocycles. The van der Waals surface area contributed by atoms with E-state index in [4.69, 9.17) is 24.4 Å². The summed E-state index contributed by atoms with van der Waals surface area (Å²) < 4.78 is 0.991. The Kier molecular flexibility index (Phi) is 8.72. The van der Waals surface area contributed by atoms with Gasteiger partial charge in [0.1, 0.15) is 18.7 Å². The van der Waals surface area contributed by atoms with Crippen LogP contribution in [0.5, 0.6) is 0 Å². The number of hydrogen-bond donors (Lipinski definition) is 4. The minimum Gasteiger partial charge on any atom is -0.831 e. The molecule has 2 fully saturated rings. The maximum atomic E-state index is 11.3. The minimum absolute atomic E-state index is 0.476. The lowest BCUT2D eigenvalue weighted by Crippen LogP contribution is -2.72. The predicted molar refractivity (Wildman–Crippen MR) is 125 cm³/mol. The van der Waals surface area contributed by atoms with E-state index in [1.807, 2.05) is 60.7 Å². The second-order valence-electron chi connectivity index (χ2n) is 5.84. The molecule has 2 atom stereocenters. The molecule has 2 aromatic rings. The molecule has 0 spiro atoms. The van der Waals surface area contributed by atoms with Crippen molar-refractivity contribution >= 4 is 78.1 Å². The van der Waals surface area contributed by atoms with E-state index in [1.165, 1.54) is 23.5 Å². The normalized spacial score (nSPS) is 23.1. The summed E-state index contributed by atoms with van der Waals surface area (Å²) in [6.07, 6.45) is -2.02. The largest absolute Gasteiger partial charge is 0.831 e. The fourth-order valence-electron chi connectivity index (χ4n) is 2.24. The van der Waals surface area contributed by atoms with E-state index < -0.39 is 12.5 Å². The van der Waals surface area contributed by atoms with E-state index in [9.17, 15) is 10.2 Å². The van der Waals surface area contributed by atoms with Gasteiger partial charge in [-0.05, 0) is 23.5 Å². The van der Waals surface area contributed by atoms with Gasteiger partial charge >= 0.3 is 0 Å². The summed E-state index contributed by atoms with van der Waals surface area (Å²) in [7, 11) is 0. The highest BCUT2D eigenvalue weighted by atomic mass is 32.2. The average Bonchev–Trinajstić information content (AvgIpc) is 3.25. The van der Waals surface area contributed by atoms with Crippen LogP contribution < -0.4 is 31.7 Å². The quantitative estimate of drug-likeness (QED) is 0.191. The molecule has 8 nitrogen and oxygen atoms in total. The number of thiocarbonyl (C=S) groups is 2. The Balaban J connectivity index is 0.000000171. The van der Waals surface area contributed by atoms with E-state index in [0.717, 1.165) is 11.4 Å². The van der Waals surface area contributed by atoms with Crippen LogP contribution in [0.2, 0.25) is 0 Å². The van der Waals surface area contributed by atoms with Crippen LogP contribution in [0.1, 0.15) is 0 Å². The van der Waals surface area contributed by atoms with Crippen molar-refractivity contribution in [1.29, 1.82) is 0 Å². The summed E-state index contributed by atoms with van der Waals surface area (Å²) in [6.45, 7) is 0. The molecule has 2 saturated heterocycles. The third-order valence-electron chi connectivity index (χ3n) is 3.62. The van der Waals surface area contributed by atoms with E-state index in [2.05, 4.69) is 20.8 Å². The van der Waals surface area contributed by atoms with Crippen molar-refractivity contribution in [1.82, 2.24) is 10.6 Å². The Morgan fingerprint density at radius 1 is 0.700 bits per heavy atom. The molecule has 2 heterocycles. The fourth-order valence-corrected chi connectivity index (χ4v) is 4.22. The lowest BCUT2D eigenvalue weighted by molar-refractivity contribution is -0.578. The Labute approximate surface area is 192 Å². The number of quaternary nitrogens is 2. The molecule has 2 unspecified atom stereocenters. The van der Waals surface area contributed by atoms with Gasteiger partial charge in [-0.2, -0.15) is 10.9 Å². The Hall–Kier alpha value is -1.90. The van der Waals surface area contributed by atoms with Crippen LogP contribution in [0, 0.1) is 0 Å². The van der Waals surface area contributed by atoms with E-state index in [0.29, 0.717) is 18.7 Å². The zero-order chi connectivity index (χ0) is 21.3. The summed E-state index contributed by atoms with van der Waals surface area (Å²) in [5, 5.41) is 37.0. The Morgan fingerprint density at radius 3 is 1.37 bits per heavy atom. The van der Waals surface area contributed by atoms with Crippen molar-refractivity contribution in [2.75, 3.05) is 0 Å². The first kappa shape index (κ1) is 22.8. The van der Waals surface area contributed by atoms with Gasteiger partial charge in [-0.15, -0.1) is 0 Å². The first-order valence-electron chi connectivity index (χ1n) is 8.71. The summed E-state index contributed by atoms with van der Waals surface area (Å²) in [5.74, 6) is 0. The number of nitrogens with two attached hydrogens (primary N) is 2. The standard InChI is InChI=1S/2C9H8N3OS2/c2*13-7-8(15-9(14)10-7)12-11-6-4-2-1-3-5-6/h2*1-5,7,11H,(H,10,14)/q2*-1/p+2/b2*12-8+. The maximum absolute atomic E-state index is 11.3. The number of thioether (sulfide) groups is 2. The van der Waals surface area contributed by atoms with Crippen LogP contribution >= 0.6 is 48.0 Å². The zero-order valence-corrected chi connectivity index (χ0v) is 18.7. The van der Waals surface area contributed by atoms with Crippen LogP contribution in [-0.2, 0) is 0 Å². The van der Waals surface area contributed by atoms with E-state index >= 15 is 0 Å². The highest BCUT2D eigenvalue weighted by Gasteiger charge is 2.20. The van der Waals surface area contributed by atoms with Crippen molar-refractivity contribution < 1.29 is 21.1 Å². The summed E-state index contributed by atoms with van der Waals surface area (Å²) >= 11 is 12.2. The molecular formula is C18H18N6O2S4. The molecule has 2 aliphatic rings. The Bertz CT molecular complexity index is 865. The SMILES string of the molecule is [O-]C1NC(=S)S/C1=N/[NH2+]c1ccccc1.[O-]C1NC(=S)S/C1=N/[NH2+]c1ccccc1. The predicted octanol–water partition coefficient (Wildman–Crippen LogP) is -0.995. The van der Waals surface area contributed by atoms with Crippen LogP contribution in [0.4, 0.5) is 11.4 Å². The number of nitrogens with zero attached hydrogens (tertiary/aromatic N) is 2. The molecule has 0 radical (unpaired) electrons. The van der Waals surface area contributed by atoms with Crippen molar-refractivity contribution in [3.05, 3.63) is 60.7 Å². The molecule has 4 rings (SSSR count). The second-order valence-corrected chi connectivity index (χ2v) is 9.24. The van der Waals surface area contributed by atoms with Gasteiger partial charge in [-0.3, -0.25) is 0 Å². The molecule has 0 aromatic heterocycles. The molecule has 30 heavy (non-hydrogen) atoms. The molecule has 0 bridgehead atoms. The molecular weight excluding hydrogens is 461 g/mol. The average molecular weight is 479 g/mol. The highest BCUT2D eigenvalue weighted by Crippen LogP contribution is 2.14. The van der Waals surface area contributed by atoms with Gasteiger partial charge in [0.15, 0.2) is 11.4 Å². The third-order valence-corrected chi connectivity index (χ3v) is 6.02. The van der Waals surface area contributed by atoms with Crippen molar-refractivity contribution in [3.8, 4) is 0 Å². The number of nitrogens with one attached hydrogen (secondary N) is 2. The summed E-state index contributed by atoms with van der Waals surface area (Å²) in [6, 6.07) is 19.3. The smallest absolute Gasteiger partial charge is 0.155 e. The van der Waals surface area contributed by atoms with Crippen molar-refractivity contribution in [2.24, 2.45) is 10.2 Å². The van der Waals surface area contributed by atoms with Crippen molar-refractivity contribution in [3.63, 3.8) is 0 Å². The molecule has 6 N–H and O–H groups in total. The lowest BCUT2D eigenvalue weighted by atomic mass is 10.3. The lowest BCUT2D eigenvalue weighted by Gasteiger charge is -2.12. The van der Waals surface area contributed by atoms with Crippen LogP contribution in [0.25, 0.3) is 0 Å². The fraction of sp³-hybridized carbons (Fsp3) is 0.111. The summed E-state index contributed by atoms with van der Waals surface area (Å²) in [5.41, 5.74) is 5.28. The second kappa shape index (κ2) is 11.5. The minimum atomic E-state index is -1.01. The van der Waals surface area contributed by atoms with Gasteiger partial charge < -0.3 is 20.8 Å². The Morgan fingerprint density at radius 2 is 1.07 bits per heavy atom. The van der Waals surface area contributed by atoms with Gasteiger partial charge in [0.2, 0.25) is 0 Å². The van der Waals surface area contributed by atoms with Crippen molar-refractivity contribution in [2.45, 2.75) is 12.5 Å². The van der Waals surface area contributed by atoms with Gasteiger partial charge in [0.05, 0.1) is 0 Å². The van der Waals surface area contributed by atoms with Gasteiger partial charge in [0.25, 0.3) is 0 Å². The summed E-state index contributed by atoms with van der Waals surface area (Å²) in [4.78, 5) is 0. The van der Waals surface area contributed by atoms with Gasteiger partial charge in [-0.1, -0.05) is 71.0 Å². The molecule has 12 heteroatoms. The van der Waals surface area contributed by atoms with Gasteiger partial charge in [-0.25, -0.2) is 0 Å². The first-order valence-corrected chi connectivity index (χ1v) is 11.2. The highest BCUT2D eigenvalue weighted by molar-refractivity contribution is 8.34. The number of benzene rings is 2.